The molecule has 0 unspecified atom stereocenters. The predicted octanol–water partition coefficient (Wildman–Crippen LogP) is -0.246. The number of fused-ring (bicyclic) bond motifs is 1. The lowest BCUT2D eigenvalue weighted by Gasteiger charge is -2.42. The Morgan fingerprint density at radius 2 is 1.96 bits per heavy atom. The molecule has 9 nitrogen and oxygen atoms in total. The van der Waals surface area contributed by atoms with Crippen LogP contribution < -0.4 is 5.73 Å². The number of anilines is 1. The van der Waals surface area contributed by atoms with E-state index in [1.807, 2.05) is 0 Å². The molecule has 136 valence electrons. The summed E-state index contributed by atoms with van der Waals surface area (Å²) in [7, 11) is 0. The molecule has 0 radical (unpaired) electrons. The van der Waals surface area contributed by atoms with Crippen molar-refractivity contribution >= 4 is 17.0 Å². The Morgan fingerprint density at radius 3 is 2.64 bits per heavy atom. The second-order valence-electron chi connectivity index (χ2n) is 6.91. The second-order valence-corrected chi connectivity index (χ2v) is 6.91. The SMILES string of the molecule is Nc1ncnc2c1ncn2[C@]1(C2CCCCC2)O[C@H](CO)[C@@H](O)[C@H]1O. The number of imidazole rings is 1. The summed E-state index contributed by atoms with van der Waals surface area (Å²) in [6.45, 7) is -0.379. The first-order chi connectivity index (χ1) is 12.1. The smallest absolute Gasteiger partial charge is 0.179 e. The van der Waals surface area contributed by atoms with E-state index in [0.717, 1.165) is 32.1 Å². The zero-order chi connectivity index (χ0) is 17.6. The van der Waals surface area contributed by atoms with Gasteiger partial charge in [-0.05, 0) is 12.8 Å². The third kappa shape index (κ3) is 2.34. The second kappa shape index (κ2) is 6.17. The van der Waals surface area contributed by atoms with Crippen LogP contribution in [0.5, 0.6) is 0 Å². The quantitative estimate of drug-likeness (QED) is 0.595. The molecule has 2 fully saturated rings. The molecule has 4 rings (SSSR count). The first-order valence-corrected chi connectivity index (χ1v) is 8.68. The lowest BCUT2D eigenvalue weighted by molar-refractivity contribution is -0.187. The summed E-state index contributed by atoms with van der Waals surface area (Å²) in [5.74, 6) is 0.213. The van der Waals surface area contributed by atoms with Crippen molar-refractivity contribution in [1.82, 2.24) is 19.5 Å². The Bertz CT molecular complexity index is 762. The van der Waals surface area contributed by atoms with E-state index in [-0.39, 0.29) is 18.3 Å². The van der Waals surface area contributed by atoms with E-state index in [2.05, 4.69) is 15.0 Å². The minimum atomic E-state index is -1.23. The van der Waals surface area contributed by atoms with Gasteiger partial charge in [0.15, 0.2) is 17.2 Å². The highest BCUT2D eigenvalue weighted by molar-refractivity contribution is 5.81. The third-order valence-corrected chi connectivity index (χ3v) is 5.58. The van der Waals surface area contributed by atoms with Crippen LogP contribution in [0.1, 0.15) is 32.1 Å². The first-order valence-electron chi connectivity index (χ1n) is 8.68. The molecule has 0 aromatic carbocycles. The summed E-state index contributed by atoms with van der Waals surface area (Å²) in [6, 6.07) is 0. The Morgan fingerprint density at radius 1 is 1.20 bits per heavy atom. The minimum Gasteiger partial charge on any atom is -0.394 e. The molecule has 2 aliphatic rings. The van der Waals surface area contributed by atoms with E-state index < -0.39 is 24.0 Å². The molecular formula is C16H23N5O4. The summed E-state index contributed by atoms with van der Waals surface area (Å²) < 4.78 is 7.79. The Labute approximate surface area is 144 Å². The molecule has 0 spiro atoms. The summed E-state index contributed by atoms with van der Waals surface area (Å²) in [5.41, 5.74) is 5.53. The molecule has 25 heavy (non-hydrogen) atoms. The number of rotatable bonds is 3. The van der Waals surface area contributed by atoms with Crippen LogP contribution >= 0.6 is 0 Å². The number of nitrogen functional groups attached to an aromatic ring is 1. The molecule has 1 aliphatic carbocycles. The van der Waals surface area contributed by atoms with Gasteiger partial charge in [-0.2, -0.15) is 0 Å². The summed E-state index contributed by atoms with van der Waals surface area (Å²) in [6.07, 6.45) is 4.47. The number of aliphatic hydroxyl groups is 3. The molecule has 3 heterocycles. The van der Waals surface area contributed by atoms with Gasteiger partial charge >= 0.3 is 0 Å². The highest BCUT2D eigenvalue weighted by atomic mass is 16.6. The van der Waals surface area contributed by atoms with Crippen LogP contribution in [0.4, 0.5) is 5.82 Å². The fourth-order valence-corrected chi connectivity index (χ4v) is 4.33. The zero-order valence-electron chi connectivity index (χ0n) is 13.8. The molecule has 1 saturated carbocycles. The largest absolute Gasteiger partial charge is 0.394 e. The van der Waals surface area contributed by atoms with Crippen LogP contribution in [0.15, 0.2) is 12.7 Å². The summed E-state index contributed by atoms with van der Waals surface area (Å²) >= 11 is 0. The van der Waals surface area contributed by atoms with Gasteiger partial charge in [0.25, 0.3) is 0 Å². The first kappa shape index (κ1) is 16.6. The lowest BCUT2D eigenvalue weighted by Crippen LogP contribution is -2.51. The van der Waals surface area contributed by atoms with Gasteiger partial charge in [-0.15, -0.1) is 0 Å². The van der Waals surface area contributed by atoms with Gasteiger partial charge in [-0.1, -0.05) is 19.3 Å². The van der Waals surface area contributed by atoms with Gasteiger partial charge in [-0.25, -0.2) is 15.0 Å². The van der Waals surface area contributed by atoms with E-state index in [0.29, 0.717) is 11.2 Å². The van der Waals surface area contributed by atoms with E-state index in [1.54, 1.807) is 4.57 Å². The molecule has 9 heteroatoms. The topological polar surface area (TPSA) is 140 Å². The molecule has 5 N–H and O–H groups in total. The van der Waals surface area contributed by atoms with E-state index >= 15 is 0 Å². The molecule has 2 aromatic heterocycles. The van der Waals surface area contributed by atoms with Crippen molar-refractivity contribution in [1.29, 1.82) is 0 Å². The third-order valence-electron chi connectivity index (χ3n) is 5.58. The molecule has 1 aliphatic heterocycles. The minimum absolute atomic E-state index is 0.0314. The molecule has 4 atom stereocenters. The molecule has 1 saturated heterocycles. The van der Waals surface area contributed by atoms with Gasteiger partial charge in [-0.3, -0.25) is 4.57 Å². The van der Waals surface area contributed by atoms with Crippen molar-refractivity contribution in [2.24, 2.45) is 5.92 Å². The standard InChI is InChI=1S/C16H23N5O4/c17-14-11-15(19-7-18-14)21(8-20-11)16(9-4-2-1-3-5-9)13(24)12(23)10(6-22)25-16/h7-10,12-13,22-24H,1-6H2,(H2,17,18,19)/t10-,12-,13-,16-/m1/s1. The number of aliphatic hydroxyl groups excluding tert-OH is 3. The molecular weight excluding hydrogens is 326 g/mol. The van der Waals surface area contributed by atoms with Crippen molar-refractivity contribution in [3.05, 3.63) is 12.7 Å². The summed E-state index contributed by atoms with van der Waals surface area (Å²) in [4.78, 5) is 12.5. The maximum Gasteiger partial charge on any atom is 0.179 e. The molecule has 0 bridgehead atoms. The van der Waals surface area contributed by atoms with Crippen LogP contribution in [-0.4, -0.2) is 59.8 Å². The highest BCUT2D eigenvalue weighted by Crippen LogP contribution is 2.48. The van der Waals surface area contributed by atoms with Crippen molar-refractivity contribution in [2.45, 2.75) is 56.1 Å². The summed E-state index contributed by atoms with van der Waals surface area (Å²) in [5, 5.41) is 30.9. The number of ether oxygens (including phenoxy) is 1. The molecule has 2 aromatic rings. The van der Waals surface area contributed by atoms with E-state index in [4.69, 9.17) is 10.5 Å². The predicted molar refractivity (Wildman–Crippen MR) is 88.3 cm³/mol. The van der Waals surface area contributed by atoms with Gasteiger partial charge in [0, 0.05) is 5.92 Å². The van der Waals surface area contributed by atoms with Crippen molar-refractivity contribution in [2.75, 3.05) is 12.3 Å². The zero-order valence-corrected chi connectivity index (χ0v) is 13.8. The number of nitrogens with two attached hydrogens (primary N) is 1. The fourth-order valence-electron chi connectivity index (χ4n) is 4.33. The average Bonchev–Trinajstić information content (AvgIpc) is 3.18. The maximum atomic E-state index is 11.0. The van der Waals surface area contributed by atoms with Gasteiger partial charge < -0.3 is 25.8 Å². The van der Waals surface area contributed by atoms with Crippen LogP contribution in [-0.2, 0) is 10.5 Å². The average molecular weight is 349 g/mol. The number of aromatic nitrogens is 4. The Hall–Kier alpha value is -1.81. The Kier molecular flexibility index (Phi) is 4.11. The van der Waals surface area contributed by atoms with Crippen molar-refractivity contribution < 1.29 is 20.1 Å². The fraction of sp³-hybridized carbons (Fsp3) is 0.688. The van der Waals surface area contributed by atoms with Crippen LogP contribution in [0.25, 0.3) is 11.2 Å². The normalized spacial score (nSPS) is 34.0. The highest BCUT2D eigenvalue weighted by Gasteiger charge is 2.59. The number of hydrogen-bond donors (Lipinski definition) is 4. The molecule has 0 amide bonds. The maximum absolute atomic E-state index is 11.0. The van der Waals surface area contributed by atoms with Crippen molar-refractivity contribution in [3.63, 3.8) is 0 Å². The van der Waals surface area contributed by atoms with Gasteiger partial charge in [0.1, 0.15) is 30.2 Å². The number of hydrogen-bond acceptors (Lipinski definition) is 8. The van der Waals surface area contributed by atoms with E-state index in [9.17, 15) is 15.3 Å². The Balaban J connectivity index is 1.90. The van der Waals surface area contributed by atoms with Crippen LogP contribution in [0.2, 0.25) is 0 Å². The van der Waals surface area contributed by atoms with Crippen LogP contribution in [0, 0.1) is 5.92 Å². The van der Waals surface area contributed by atoms with E-state index in [1.165, 1.54) is 12.7 Å². The lowest BCUT2D eigenvalue weighted by atomic mass is 9.78. The van der Waals surface area contributed by atoms with Gasteiger partial charge in [0.05, 0.1) is 12.9 Å². The number of nitrogens with zero attached hydrogens (tertiary/aromatic N) is 4. The van der Waals surface area contributed by atoms with Crippen molar-refractivity contribution in [3.8, 4) is 0 Å². The monoisotopic (exact) mass is 349 g/mol. The van der Waals surface area contributed by atoms with Gasteiger partial charge in [0.2, 0.25) is 0 Å². The van der Waals surface area contributed by atoms with Crippen LogP contribution in [0.3, 0.4) is 0 Å².